The zero-order chi connectivity index (χ0) is 5.91. The minimum atomic E-state index is -1.50. The molecule has 0 aliphatic heterocycles. The minimum Gasteiger partial charge on any atom is -0.232 e. The van der Waals surface area contributed by atoms with Crippen molar-refractivity contribution in [1.29, 1.82) is 0 Å². The van der Waals surface area contributed by atoms with Crippen LogP contribution in [-0.2, 0) is 5.11 Å². The predicted molar refractivity (Wildman–Crippen MR) is 28.8 cm³/mol. The molecule has 0 rings (SSSR count). The number of hydrogen-bond acceptors (Lipinski definition) is 0. The molecule has 0 heterocycles. The van der Waals surface area contributed by atoms with Gasteiger partial charge in [-0.05, 0) is 0 Å². The molecule has 0 N–H and O–H groups in total. The van der Waals surface area contributed by atoms with Crippen LogP contribution in [-0.4, -0.2) is 10.9 Å². The summed E-state index contributed by atoms with van der Waals surface area (Å²) in [7, 11) is 0. The van der Waals surface area contributed by atoms with Crippen LogP contribution < -0.4 is 0 Å². The Labute approximate surface area is 52.2 Å². The van der Waals surface area contributed by atoms with Crippen LogP contribution in [0, 0.1) is 12.3 Å². The molecule has 0 aromatic rings. The fourth-order valence-corrected chi connectivity index (χ4v) is 0.0417. The molecule has 0 amide bonds. The van der Waals surface area contributed by atoms with E-state index in [9.17, 15) is 5.11 Å². The second-order valence-electron chi connectivity index (χ2n) is 0.993. The predicted octanol–water partition coefficient (Wildman–Crippen LogP) is 1.22. The zero-order valence-corrected chi connectivity index (χ0v) is 4.96. The summed E-state index contributed by atoms with van der Waals surface area (Å²) < 4.78 is -1.50. The average Bonchev–Trinajstić information content (AvgIpc) is 1.68. The fourth-order valence-electron chi connectivity index (χ4n) is 0.0417. The quantitative estimate of drug-likeness (QED) is 0.383. The second-order valence-corrected chi connectivity index (χ2v) is 2.48. The zero-order valence-electron chi connectivity index (χ0n) is 3.45. The molecule has 0 saturated carbocycles. The van der Waals surface area contributed by atoms with Crippen LogP contribution >= 0.6 is 23.2 Å². The van der Waals surface area contributed by atoms with E-state index in [1.54, 1.807) is 0 Å². The number of halogens is 2. The van der Waals surface area contributed by atoms with Crippen LogP contribution in [0.15, 0.2) is 0 Å². The molecule has 0 aromatic heterocycles. The summed E-state index contributed by atoms with van der Waals surface area (Å²) in [5, 5.41) is 9.78. The highest BCUT2D eigenvalue weighted by Gasteiger charge is 2.18. The summed E-state index contributed by atoms with van der Waals surface area (Å²) in [4.78, 5) is 0. The Morgan fingerprint density at radius 2 is 2.14 bits per heavy atom. The van der Waals surface area contributed by atoms with Crippen molar-refractivity contribution in [2.45, 2.75) is 4.33 Å². The molecular weight excluding hydrogens is 135 g/mol. The smallest absolute Gasteiger partial charge is 0.203 e. The molecule has 0 bridgehead atoms. The molecule has 1 nitrogen and oxygen atoms in total. The highest BCUT2D eigenvalue weighted by molar-refractivity contribution is 6.50. The highest BCUT2D eigenvalue weighted by Crippen LogP contribution is 2.17. The van der Waals surface area contributed by atoms with E-state index in [0.717, 1.165) is 0 Å². The topological polar surface area (TPSA) is 19.9 Å². The summed E-state index contributed by atoms with van der Waals surface area (Å²) >= 11 is 10.2. The maximum absolute atomic E-state index is 9.78. The van der Waals surface area contributed by atoms with Gasteiger partial charge >= 0.3 is 0 Å². The van der Waals surface area contributed by atoms with E-state index >= 15 is 0 Å². The third-order valence-electron chi connectivity index (χ3n) is 0.392. The van der Waals surface area contributed by atoms with Crippen molar-refractivity contribution in [1.82, 2.24) is 0 Å². The average molecular weight is 138 g/mol. The second kappa shape index (κ2) is 2.42. The van der Waals surface area contributed by atoms with E-state index in [1.165, 1.54) is 0 Å². The maximum Gasteiger partial charge on any atom is 0.203 e. The molecule has 0 unspecified atom stereocenters. The molecule has 0 saturated heterocycles. The van der Waals surface area contributed by atoms with E-state index in [2.05, 4.69) is 0 Å². The van der Waals surface area contributed by atoms with Crippen molar-refractivity contribution in [3.8, 4) is 12.3 Å². The van der Waals surface area contributed by atoms with Crippen LogP contribution in [0.3, 0.4) is 0 Å². The van der Waals surface area contributed by atoms with Gasteiger partial charge in [-0.3, -0.25) is 0 Å². The Morgan fingerprint density at radius 3 is 2.14 bits per heavy atom. The fraction of sp³-hybridized carbons (Fsp3) is 0.500. The van der Waals surface area contributed by atoms with Gasteiger partial charge in [0.15, 0.2) is 0 Å². The van der Waals surface area contributed by atoms with Gasteiger partial charge in [0.05, 0.1) is 0 Å². The normalized spacial score (nSPS) is 10.6. The lowest BCUT2D eigenvalue weighted by atomic mass is 10.5. The molecule has 7 heavy (non-hydrogen) atoms. The molecule has 1 radical (unpaired) electrons. The number of alkyl halides is 2. The summed E-state index contributed by atoms with van der Waals surface area (Å²) in [5.41, 5.74) is 0. The van der Waals surface area contributed by atoms with E-state index < -0.39 is 10.9 Å². The monoisotopic (exact) mass is 137 g/mol. The van der Waals surface area contributed by atoms with Crippen molar-refractivity contribution in [3.63, 3.8) is 0 Å². The lowest BCUT2D eigenvalue weighted by molar-refractivity contribution is 0.195. The summed E-state index contributed by atoms with van der Waals surface area (Å²) in [6.07, 6.45) is 4.70. The van der Waals surface area contributed by atoms with Gasteiger partial charge < -0.3 is 0 Å². The number of rotatable bonds is 1. The van der Waals surface area contributed by atoms with Crippen molar-refractivity contribution in [2.24, 2.45) is 0 Å². The van der Waals surface area contributed by atoms with Gasteiger partial charge in [0.25, 0.3) is 0 Å². The van der Waals surface area contributed by atoms with Crippen LogP contribution in [0.2, 0.25) is 0 Å². The van der Waals surface area contributed by atoms with E-state index in [-0.39, 0.29) is 0 Å². The van der Waals surface area contributed by atoms with E-state index in [1.807, 2.05) is 5.92 Å². The molecule has 0 fully saturated rings. The first-order valence-corrected chi connectivity index (χ1v) is 2.31. The molecule has 0 aromatic carbocycles. The van der Waals surface area contributed by atoms with Gasteiger partial charge in [0.2, 0.25) is 4.33 Å². The van der Waals surface area contributed by atoms with Gasteiger partial charge in [0, 0.05) is 0 Å². The van der Waals surface area contributed by atoms with E-state index in [0.29, 0.717) is 0 Å². The van der Waals surface area contributed by atoms with Gasteiger partial charge in [-0.1, -0.05) is 29.1 Å². The first-order valence-electron chi connectivity index (χ1n) is 1.56. The third kappa shape index (κ3) is 2.76. The first kappa shape index (κ1) is 7.10. The Bertz CT molecular complexity index is 92.4. The van der Waals surface area contributed by atoms with Crippen LogP contribution in [0.1, 0.15) is 0 Å². The lowest BCUT2D eigenvalue weighted by Gasteiger charge is -2.02. The minimum absolute atomic E-state index is 0.660. The number of terminal acetylenes is 1. The first-order chi connectivity index (χ1) is 3.12. The Balaban J connectivity index is 3.66. The number of hydrogen-bond donors (Lipinski definition) is 0. The van der Waals surface area contributed by atoms with Crippen molar-refractivity contribution in [2.75, 3.05) is 6.61 Å². The van der Waals surface area contributed by atoms with Crippen molar-refractivity contribution >= 4 is 23.2 Å². The van der Waals surface area contributed by atoms with Gasteiger partial charge in [0.1, 0.15) is 6.61 Å². The van der Waals surface area contributed by atoms with Crippen LogP contribution in [0.4, 0.5) is 0 Å². The summed E-state index contributed by atoms with van der Waals surface area (Å²) in [6.45, 7) is -0.660. The van der Waals surface area contributed by atoms with Crippen LogP contribution in [0.25, 0.3) is 0 Å². The molecule has 0 spiro atoms. The molecule has 0 aliphatic rings. The van der Waals surface area contributed by atoms with Crippen molar-refractivity contribution < 1.29 is 5.11 Å². The molecule has 39 valence electrons. The highest BCUT2D eigenvalue weighted by atomic mass is 35.5. The molecular formula is C4H3Cl2O. The molecule has 0 aliphatic carbocycles. The summed E-state index contributed by atoms with van der Waals surface area (Å²) in [6, 6.07) is 0. The third-order valence-corrected chi connectivity index (χ3v) is 0.829. The largest absolute Gasteiger partial charge is 0.232 e. The molecule has 3 heteroatoms. The summed E-state index contributed by atoms with van der Waals surface area (Å²) in [5.74, 6) is 1.91. The standard InChI is InChI=1S/C4H3Cl2O/c1-2-4(5,6)3-7/h1H,3H2. The molecule has 0 atom stereocenters. The SMILES string of the molecule is C#CC(Cl)(Cl)C[O]. The Morgan fingerprint density at radius 1 is 1.71 bits per heavy atom. The van der Waals surface area contributed by atoms with E-state index in [4.69, 9.17) is 29.6 Å². The van der Waals surface area contributed by atoms with Gasteiger partial charge in [-0.15, -0.1) is 6.42 Å². The van der Waals surface area contributed by atoms with Gasteiger partial charge in [-0.25, -0.2) is 5.11 Å². The Hall–Kier alpha value is 0.1000. The Kier molecular flexibility index (Phi) is 2.45. The lowest BCUT2D eigenvalue weighted by Crippen LogP contribution is -2.12. The maximum atomic E-state index is 9.78. The van der Waals surface area contributed by atoms with Crippen LogP contribution in [0.5, 0.6) is 0 Å². The van der Waals surface area contributed by atoms with Crippen molar-refractivity contribution in [3.05, 3.63) is 0 Å². The van der Waals surface area contributed by atoms with Gasteiger partial charge in [-0.2, -0.15) is 0 Å².